The van der Waals surface area contributed by atoms with Crippen LogP contribution in [-0.2, 0) is 4.79 Å². The fourth-order valence-corrected chi connectivity index (χ4v) is 5.89. The third-order valence-electron chi connectivity index (χ3n) is 7.54. The van der Waals surface area contributed by atoms with Gasteiger partial charge < -0.3 is 14.8 Å². The number of hydrogen-bond donors (Lipinski definition) is 1. The molecule has 6 nitrogen and oxygen atoms in total. The summed E-state index contributed by atoms with van der Waals surface area (Å²) in [7, 11) is 3.25. The Balaban J connectivity index is 1.49. The molecule has 192 valence electrons. The Labute approximate surface area is 226 Å². The lowest BCUT2D eigenvalue weighted by Crippen LogP contribution is -2.30. The number of allylic oxidation sites excluding steroid dienone is 2. The third kappa shape index (κ3) is 4.05. The summed E-state index contributed by atoms with van der Waals surface area (Å²) in [6.07, 6.45) is 1.11. The van der Waals surface area contributed by atoms with Gasteiger partial charge in [-0.05, 0) is 66.8 Å². The van der Waals surface area contributed by atoms with Crippen LogP contribution in [0.15, 0.2) is 84.1 Å². The number of aryl methyl sites for hydroxylation is 1. The van der Waals surface area contributed by atoms with Crippen LogP contribution >= 0.6 is 11.6 Å². The monoisotopic (exact) mass is 525 g/mol. The van der Waals surface area contributed by atoms with Crippen LogP contribution in [0, 0.1) is 6.92 Å². The molecule has 1 N–H and O–H groups in total. The van der Waals surface area contributed by atoms with Gasteiger partial charge in [-0.1, -0.05) is 48.0 Å². The third-order valence-corrected chi connectivity index (χ3v) is 7.80. The Kier molecular flexibility index (Phi) is 6.20. The second-order valence-corrected chi connectivity index (χ2v) is 10.2. The molecular formula is C31H28ClN3O3. The summed E-state index contributed by atoms with van der Waals surface area (Å²) in [6, 6.07) is 23.8. The molecule has 6 rings (SSSR count). The fourth-order valence-electron chi connectivity index (χ4n) is 5.76. The predicted octanol–water partition coefficient (Wildman–Crippen LogP) is 6.81. The fraction of sp³-hybridized carbons (Fsp3) is 0.226. The van der Waals surface area contributed by atoms with Gasteiger partial charge in [0.1, 0.15) is 5.82 Å². The Bertz CT molecular complexity index is 1560. The number of rotatable bonds is 5. The zero-order chi connectivity index (χ0) is 26.4. The van der Waals surface area contributed by atoms with Crippen molar-refractivity contribution in [1.82, 2.24) is 9.78 Å². The van der Waals surface area contributed by atoms with E-state index in [1.54, 1.807) is 14.2 Å². The first-order valence-corrected chi connectivity index (χ1v) is 13.0. The average molecular weight is 526 g/mol. The van der Waals surface area contributed by atoms with Gasteiger partial charge in [0.05, 0.1) is 25.6 Å². The second kappa shape index (κ2) is 9.69. The first-order valence-electron chi connectivity index (χ1n) is 12.6. The number of hydrogen-bond acceptors (Lipinski definition) is 5. The van der Waals surface area contributed by atoms with Gasteiger partial charge in [0.25, 0.3) is 0 Å². The normalized spacial score (nSPS) is 18.5. The Morgan fingerprint density at radius 2 is 1.63 bits per heavy atom. The number of Topliss-reactive ketones (excluding diaryl/α,β-unsaturated/α-hetero) is 1. The molecule has 2 heterocycles. The molecule has 0 radical (unpaired) electrons. The van der Waals surface area contributed by atoms with E-state index < -0.39 is 0 Å². The minimum absolute atomic E-state index is 0.00941. The molecule has 0 fully saturated rings. The van der Waals surface area contributed by atoms with E-state index in [0.29, 0.717) is 29.4 Å². The molecule has 0 amide bonds. The van der Waals surface area contributed by atoms with Gasteiger partial charge in [0.2, 0.25) is 0 Å². The van der Waals surface area contributed by atoms with Crippen molar-refractivity contribution < 1.29 is 14.3 Å². The predicted molar refractivity (Wildman–Crippen MR) is 149 cm³/mol. The van der Waals surface area contributed by atoms with Crippen molar-refractivity contribution in [2.75, 3.05) is 19.5 Å². The first-order chi connectivity index (χ1) is 18.5. The number of nitrogens with one attached hydrogen (secondary N) is 1. The van der Waals surface area contributed by atoms with E-state index in [1.807, 2.05) is 84.4 Å². The van der Waals surface area contributed by atoms with Crippen molar-refractivity contribution >= 4 is 23.2 Å². The van der Waals surface area contributed by atoms with Gasteiger partial charge in [0.15, 0.2) is 17.3 Å². The van der Waals surface area contributed by atoms with Gasteiger partial charge in [-0.25, -0.2) is 4.68 Å². The van der Waals surface area contributed by atoms with Gasteiger partial charge in [-0.2, -0.15) is 5.10 Å². The van der Waals surface area contributed by atoms with Crippen LogP contribution in [0.1, 0.15) is 47.1 Å². The molecule has 2 atom stereocenters. The van der Waals surface area contributed by atoms with Crippen LogP contribution in [0.25, 0.3) is 5.69 Å². The van der Waals surface area contributed by atoms with Gasteiger partial charge in [-0.15, -0.1) is 0 Å². The van der Waals surface area contributed by atoms with E-state index in [2.05, 4.69) is 5.32 Å². The molecule has 0 saturated carbocycles. The summed E-state index contributed by atoms with van der Waals surface area (Å²) in [5.74, 6) is 2.14. The van der Waals surface area contributed by atoms with E-state index in [9.17, 15) is 4.79 Å². The van der Waals surface area contributed by atoms with Gasteiger partial charge >= 0.3 is 0 Å². The maximum atomic E-state index is 13.9. The van der Waals surface area contributed by atoms with Crippen LogP contribution in [-0.4, -0.2) is 29.8 Å². The highest BCUT2D eigenvalue weighted by Gasteiger charge is 2.41. The molecule has 7 heteroatoms. The van der Waals surface area contributed by atoms with Gasteiger partial charge in [0, 0.05) is 34.2 Å². The maximum Gasteiger partial charge on any atom is 0.162 e. The largest absolute Gasteiger partial charge is 0.493 e. The van der Waals surface area contributed by atoms with E-state index in [4.69, 9.17) is 26.2 Å². The lowest BCUT2D eigenvalue weighted by molar-refractivity contribution is -0.116. The number of anilines is 1. The number of carbonyl (C=O) groups is 1. The molecule has 0 spiro atoms. The van der Waals surface area contributed by atoms with E-state index in [-0.39, 0.29) is 17.6 Å². The Morgan fingerprint density at radius 1 is 0.921 bits per heavy atom. The second-order valence-electron chi connectivity index (χ2n) is 9.74. The zero-order valence-electron chi connectivity index (χ0n) is 21.5. The molecule has 0 bridgehead atoms. The lowest BCUT2D eigenvalue weighted by atomic mass is 9.72. The van der Waals surface area contributed by atoms with Crippen molar-refractivity contribution in [3.8, 4) is 17.2 Å². The van der Waals surface area contributed by atoms with Crippen molar-refractivity contribution in [3.05, 3.63) is 111 Å². The molecule has 2 aliphatic rings. The van der Waals surface area contributed by atoms with Crippen LogP contribution < -0.4 is 14.8 Å². The van der Waals surface area contributed by atoms with Crippen LogP contribution in [0.3, 0.4) is 0 Å². The summed E-state index contributed by atoms with van der Waals surface area (Å²) < 4.78 is 12.9. The smallest absolute Gasteiger partial charge is 0.162 e. The molecule has 3 aromatic carbocycles. The van der Waals surface area contributed by atoms with Crippen LogP contribution in [0.5, 0.6) is 11.5 Å². The summed E-state index contributed by atoms with van der Waals surface area (Å²) >= 11 is 6.24. The molecule has 1 aromatic heterocycles. The molecule has 4 aromatic rings. The molecule has 0 unspecified atom stereocenters. The van der Waals surface area contributed by atoms with Crippen LogP contribution in [0.2, 0.25) is 5.02 Å². The standard InChI is InChI=1S/C31H28ClN3O3/c1-18-28-29(19-9-12-22(32)13-10-19)30-24(33-31(28)35(34-18)23-7-5-4-6-8-23)15-21(16-25(30)36)20-11-14-26(37-2)27(17-20)38-3/h4-14,17,21,29,33H,15-16H2,1-3H3/t21-,29-/m0/s1. The highest BCUT2D eigenvalue weighted by atomic mass is 35.5. The van der Waals surface area contributed by atoms with Crippen molar-refractivity contribution in [2.45, 2.75) is 31.6 Å². The van der Waals surface area contributed by atoms with E-state index >= 15 is 0 Å². The number of carbonyl (C=O) groups excluding carboxylic acids is 1. The number of methoxy groups -OCH3 is 2. The number of ether oxygens (including phenoxy) is 2. The Hall–Kier alpha value is -4.03. The van der Waals surface area contributed by atoms with Crippen molar-refractivity contribution in [3.63, 3.8) is 0 Å². The maximum absolute atomic E-state index is 13.9. The molecule has 38 heavy (non-hydrogen) atoms. The zero-order valence-corrected chi connectivity index (χ0v) is 22.3. The van der Waals surface area contributed by atoms with Crippen molar-refractivity contribution in [1.29, 1.82) is 0 Å². The number of fused-ring (bicyclic) bond motifs is 1. The Morgan fingerprint density at radius 3 is 2.34 bits per heavy atom. The highest BCUT2D eigenvalue weighted by molar-refractivity contribution is 6.30. The van der Waals surface area contributed by atoms with Crippen molar-refractivity contribution in [2.24, 2.45) is 0 Å². The number of halogens is 1. The molecule has 1 aliphatic heterocycles. The van der Waals surface area contributed by atoms with E-state index in [0.717, 1.165) is 45.2 Å². The number of ketones is 1. The summed E-state index contributed by atoms with van der Waals surface area (Å²) in [5, 5.41) is 9.24. The summed E-state index contributed by atoms with van der Waals surface area (Å²) in [5.41, 5.74) is 6.69. The molecule has 1 aliphatic carbocycles. The molecular weight excluding hydrogens is 498 g/mol. The number of benzene rings is 3. The summed E-state index contributed by atoms with van der Waals surface area (Å²) in [6.45, 7) is 2.01. The topological polar surface area (TPSA) is 65.4 Å². The van der Waals surface area contributed by atoms with Gasteiger partial charge in [-0.3, -0.25) is 4.79 Å². The lowest BCUT2D eigenvalue weighted by Gasteiger charge is -2.36. The first kappa shape index (κ1) is 24.3. The highest BCUT2D eigenvalue weighted by Crippen LogP contribution is 2.50. The minimum atomic E-state index is -0.227. The summed E-state index contributed by atoms with van der Waals surface area (Å²) in [4.78, 5) is 13.9. The SMILES string of the molecule is COc1ccc([C@@H]2CC(=O)C3=C(C2)Nc2c(c(C)nn2-c2ccccc2)[C@@H]3c2ccc(Cl)cc2)cc1OC. The minimum Gasteiger partial charge on any atom is -0.493 e. The molecule has 0 saturated heterocycles. The number of para-hydroxylation sites is 1. The van der Waals surface area contributed by atoms with Crippen LogP contribution in [0.4, 0.5) is 5.82 Å². The average Bonchev–Trinajstić information content (AvgIpc) is 3.28. The number of nitrogens with zero attached hydrogens (tertiary/aromatic N) is 2. The van der Waals surface area contributed by atoms with E-state index in [1.165, 1.54) is 0 Å². The number of aromatic nitrogens is 2. The quantitative estimate of drug-likeness (QED) is 0.310.